The number of benzene rings is 1. The molecule has 0 bridgehead atoms. The number of sulfone groups is 1. The SMILES string of the molecule is CS(=O)(=O)CCCC(CO)c1cccc(Br)c1. The minimum Gasteiger partial charge on any atom is -0.396 e. The predicted molar refractivity (Wildman–Crippen MR) is 72.9 cm³/mol. The molecule has 1 rings (SSSR count). The lowest BCUT2D eigenvalue weighted by atomic mass is 9.95. The monoisotopic (exact) mass is 320 g/mol. The van der Waals surface area contributed by atoms with Crippen LogP contribution in [-0.2, 0) is 9.84 Å². The fourth-order valence-electron chi connectivity index (χ4n) is 1.72. The van der Waals surface area contributed by atoms with E-state index in [-0.39, 0.29) is 18.3 Å². The molecular weight excluding hydrogens is 304 g/mol. The highest BCUT2D eigenvalue weighted by molar-refractivity contribution is 9.10. The van der Waals surface area contributed by atoms with E-state index in [1.54, 1.807) is 0 Å². The fourth-order valence-corrected chi connectivity index (χ4v) is 2.82. The van der Waals surface area contributed by atoms with Gasteiger partial charge in [-0.2, -0.15) is 0 Å². The molecular formula is C12H17BrO3S. The maximum absolute atomic E-state index is 11.0. The summed E-state index contributed by atoms with van der Waals surface area (Å²) >= 11 is 3.38. The molecule has 3 nitrogen and oxygen atoms in total. The minimum absolute atomic E-state index is 0.00856. The molecule has 0 amide bonds. The molecule has 17 heavy (non-hydrogen) atoms. The second-order valence-corrected chi connectivity index (χ2v) is 7.38. The van der Waals surface area contributed by atoms with E-state index in [1.807, 2.05) is 24.3 Å². The van der Waals surface area contributed by atoms with Crippen molar-refractivity contribution >= 4 is 25.8 Å². The number of hydrogen-bond acceptors (Lipinski definition) is 3. The second kappa shape index (κ2) is 6.52. The summed E-state index contributed by atoms with van der Waals surface area (Å²) in [5.74, 6) is 0.187. The fraction of sp³-hybridized carbons (Fsp3) is 0.500. The number of halogens is 1. The van der Waals surface area contributed by atoms with E-state index >= 15 is 0 Å². The van der Waals surface area contributed by atoms with Crippen LogP contribution in [0.25, 0.3) is 0 Å². The molecule has 0 aliphatic heterocycles. The molecule has 1 atom stereocenters. The first-order valence-corrected chi connectivity index (χ1v) is 8.32. The molecule has 1 aromatic rings. The van der Waals surface area contributed by atoms with E-state index in [4.69, 9.17) is 0 Å². The molecule has 0 spiro atoms. The summed E-state index contributed by atoms with van der Waals surface area (Å²) < 4.78 is 23.0. The van der Waals surface area contributed by atoms with Gasteiger partial charge in [-0.05, 0) is 30.5 Å². The van der Waals surface area contributed by atoms with Crippen LogP contribution in [-0.4, -0.2) is 32.1 Å². The Hall–Kier alpha value is -0.390. The molecule has 5 heteroatoms. The van der Waals surface area contributed by atoms with E-state index in [0.29, 0.717) is 12.8 Å². The van der Waals surface area contributed by atoms with Gasteiger partial charge in [0, 0.05) is 29.0 Å². The van der Waals surface area contributed by atoms with Crippen molar-refractivity contribution in [2.75, 3.05) is 18.6 Å². The van der Waals surface area contributed by atoms with Gasteiger partial charge in [0.15, 0.2) is 0 Å². The maximum atomic E-state index is 11.0. The van der Waals surface area contributed by atoms with Crippen molar-refractivity contribution in [3.8, 4) is 0 Å². The Labute approximate surface area is 111 Å². The maximum Gasteiger partial charge on any atom is 0.147 e. The summed E-state index contributed by atoms with van der Waals surface area (Å²) in [6.45, 7) is 0.0419. The van der Waals surface area contributed by atoms with Crippen molar-refractivity contribution in [1.82, 2.24) is 0 Å². The standard InChI is InChI=1S/C12H17BrO3S/c1-17(15,16)7-3-5-11(9-14)10-4-2-6-12(13)8-10/h2,4,6,8,11,14H,3,5,7,9H2,1H3. The zero-order valence-corrected chi connectivity index (χ0v) is 12.2. The van der Waals surface area contributed by atoms with Gasteiger partial charge >= 0.3 is 0 Å². The van der Waals surface area contributed by atoms with Gasteiger partial charge in [0.25, 0.3) is 0 Å². The average Bonchev–Trinajstić information content (AvgIpc) is 2.23. The highest BCUT2D eigenvalue weighted by atomic mass is 79.9. The molecule has 0 radical (unpaired) electrons. The van der Waals surface area contributed by atoms with E-state index in [2.05, 4.69) is 15.9 Å². The van der Waals surface area contributed by atoms with Crippen molar-refractivity contribution in [1.29, 1.82) is 0 Å². The zero-order valence-electron chi connectivity index (χ0n) is 9.77. The Morgan fingerprint density at radius 1 is 1.41 bits per heavy atom. The van der Waals surface area contributed by atoms with Crippen LogP contribution in [0.1, 0.15) is 24.3 Å². The van der Waals surface area contributed by atoms with E-state index in [9.17, 15) is 13.5 Å². The molecule has 0 saturated carbocycles. The summed E-state index contributed by atoms with van der Waals surface area (Å²) in [5.41, 5.74) is 1.04. The normalized spacial score (nSPS) is 13.6. The molecule has 0 saturated heterocycles. The van der Waals surface area contributed by atoms with Crippen molar-refractivity contribution in [2.45, 2.75) is 18.8 Å². The third kappa shape index (κ3) is 5.66. The number of aliphatic hydroxyl groups excluding tert-OH is 1. The third-order valence-electron chi connectivity index (χ3n) is 2.61. The first-order valence-electron chi connectivity index (χ1n) is 5.46. The van der Waals surface area contributed by atoms with Crippen LogP contribution >= 0.6 is 15.9 Å². The van der Waals surface area contributed by atoms with Crippen LogP contribution < -0.4 is 0 Å². The van der Waals surface area contributed by atoms with Crippen LogP contribution in [0.2, 0.25) is 0 Å². The third-order valence-corrected chi connectivity index (χ3v) is 4.13. The Morgan fingerprint density at radius 3 is 2.65 bits per heavy atom. The minimum atomic E-state index is -2.91. The Balaban J connectivity index is 2.60. The van der Waals surface area contributed by atoms with Gasteiger partial charge in [-0.1, -0.05) is 28.1 Å². The molecule has 1 aromatic carbocycles. The average molecular weight is 321 g/mol. The smallest absolute Gasteiger partial charge is 0.147 e. The molecule has 0 aliphatic carbocycles. The summed E-state index contributed by atoms with van der Waals surface area (Å²) in [6.07, 6.45) is 2.50. The summed E-state index contributed by atoms with van der Waals surface area (Å²) in [4.78, 5) is 0. The van der Waals surface area contributed by atoms with Crippen LogP contribution in [0.4, 0.5) is 0 Å². The van der Waals surface area contributed by atoms with Crippen LogP contribution in [0, 0.1) is 0 Å². The Kier molecular flexibility index (Phi) is 5.62. The van der Waals surface area contributed by atoms with Crippen molar-refractivity contribution < 1.29 is 13.5 Å². The van der Waals surface area contributed by atoms with E-state index in [0.717, 1.165) is 10.0 Å². The molecule has 1 N–H and O–H groups in total. The van der Waals surface area contributed by atoms with Crippen molar-refractivity contribution in [3.05, 3.63) is 34.3 Å². The summed E-state index contributed by atoms with van der Waals surface area (Å²) in [6, 6.07) is 7.75. The summed E-state index contributed by atoms with van der Waals surface area (Å²) in [5, 5.41) is 9.34. The quantitative estimate of drug-likeness (QED) is 0.875. The predicted octanol–water partition coefficient (Wildman–Crippen LogP) is 2.35. The van der Waals surface area contributed by atoms with Gasteiger partial charge in [-0.15, -0.1) is 0 Å². The van der Waals surface area contributed by atoms with Crippen LogP contribution in [0.3, 0.4) is 0 Å². The first kappa shape index (κ1) is 14.7. The first-order chi connectivity index (χ1) is 7.92. The molecule has 0 heterocycles. The topological polar surface area (TPSA) is 54.4 Å². The van der Waals surface area contributed by atoms with Gasteiger partial charge in [-0.25, -0.2) is 8.42 Å². The van der Waals surface area contributed by atoms with Crippen LogP contribution in [0.15, 0.2) is 28.7 Å². The molecule has 0 aliphatic rings. The zero-order chi connectivity index (χ0) is 12.9. The number of hydrogen-bond donors (Lipinski definition) is 1. The second-order valence-electron chi connectivity index (χ2n) is 4.21. The van der Waals surface area contributed by atoms with Gasteiger partial charge in [-0.3, -0.25) is 0 Å². The Bertz CT molecular complexity index is 457. The van der Waals surface area contributed by atoms with Crippen molar-refractivity contribution in [3.63, 3.8) is 0 Å². The van der Waals surface area contributed by atoms with Gasteiger partial charge in [0.2, 0.25) is 0 Å². The highest BCUT2D eigenvalue weighted by Crippen LogP contribution is 2.23. The van der Waals surface area contributed by atoms with Gasteiger partial charge in [0.05, 0.1) is 0 Å². The summed E-state index contributed by atoms with van der Waals surface area (Å²) in [7, 11) is -2.91. The lowest BCUT2D eigenvalue weighted by Crippen LogP contribution is -2.08. The lowest BCUT2D eigenvalue weighted by Gasteiger charge is -2.14. The van der Waals surface area contributed by atoms with Gasteiger partial charge in [0.1, 0.15) is 9.84 Å². The lowest BCUT2D eigenvalue weighted by molar-refractivity contribution is 0.258. The van der Waals surface area contributed by atoms with Gasteiger partial charge < -0.3 is 5.11 Å². The van der Waals surface area contributed by atoms with Crippen LogP contribution in [0.5, 0.6) is 0 Å². The van der Waals surface area contributed by atoms with Crippen molar-refractivity contribution in [2.24, 2.45) is 0 Å². The molecule has 96 valence electrons. The number of rotatable bonds is 6. The number of aliphatic hydroxyl groups is 1. The Morgan fingerprint density at radius 2 is 2.12 bits per heavy atom. The van der Waals surface area contributed by atoms with E-state index < -0.39 is 9.84 Å². The molecule has 0 fully saturated rings. The largest absolute Gasteiger partial charge is 0.396 e. The molecule has 0 aromatic heterocycles. The van der Waals surface area contributed by atoms with E-state index in [1.165, 1.54) is 6.26 Å². The highest BCUT2D eigenvalue weighted by Gasteiger charge is 2.12. The molecule has 1 unspecified atom stereocenters.